The first-order valence-electron chi connectivity index (χ1n) is 12.2. The van der Waals surface area contributed by atoms with Crippen molar-refractivity contribution in [3.05, 3.63) is 95.3 Å². The molecule has 0 aliphatic carbocycles. The van der Waals surface area contributed by atoms with E-state index in [0.717, 1.165) is 5.56 Å². The van der Waals surface area contributed by atoms with E-state index in [0.29, 0.717) is 35.0 Å². The zero-order valence-electron chi connectivity index (χ0n) is 21.7. The number of fused-ring (bicyclic) bond motifs is 1. The Morgan fingerprint density at radius 3 is 2.46 bits per heavy atom. The van der Waals surface area contributed by atoms with Crippen LogP contribution in [0, 0.1) is 12.3 Å². The van der Waals surface area contributed by atoms with Crippen LogP contribution >= 0.6 is 0 Å². The highest BCUT2D eigenvalue weighted by atomic mass is 16.5. The predicted octanol–water partition coefficient (Wildman–Crippen LogP) is 4.24. The number of imidazole rings is 1. The number of rotatable bonds is 9. The minimum absolute atomic E-state index is 0.0238. The zero-order chi connectivity index (χ0) is 29.1. The average Bonchev–Trinajstić information content (AvgIpc) is 3.24. The molecule has 0 aliphatic rings. The van der Waals surface area contributed by atoms with Crippen LogP contribution in [0.4, 0.5) is 10.5 Å². The van der Waals surface area contributed by atoms with Crippen LogP contribution in [0.1, 0.15) is 27.3 Å². The van der Waals surface area contributed by atoms with Crippen molar-refractivity contribution < 1.29 is 24.2 Å². The van der Waals surface area contributed by atoms with Crippen LogP contribution in [0.5, 0.6) is 23.4 Å². The number of benzene rings is 3. The Bertz CT molecular complexity index is 1800. The number of nitrogens with one attached hydrogen (secondary N) is 2. The molecule has 0 saturated carbocycles. The van der Waals surface area contributed by atoms with Crippen LogP contribution in [0.15, 0.2) is 72.8 Å². The Labute approximate surface area is 232 Å². The molecule has 0 atom stereocenters. The van der Waals surface area contributed by atoms with Gasteiger partial charge in [-0.1, -0.05) is 42.5 Å². The number of carboxylic acids is 1. The van der Waals surface area contributed by atoms with Gasteiger partial charge in [-0.15, -0.1) is 0 Å². The number of aromatic carboxylic acids is 1. The number of carboxylic acid groups (broad SMARTS) is 1. The SMILES string of the molecule is Cc1nc2c(Oc3cccc(NC(N)=O)c3)nc(Oc3cc(C(=N)N)ccc3C(=O)O)nc2n1Cc1ccccc1. The van der Waals surface area contributed by atoms with Gasteiger partial charge in [-0.25, -0.2) is 14.6 Å². The molecule has 13 nitrogen and oxygen atoms in total. The lowest BCUT2D eigenvalue weighted by molar-refractivity contribution is 0.0694. The lowest BCUT2D eigenvalue weighted by Gasteiger charge is -2.12. The van der Waals surface area contributed by atoms with Crippen LogP contribution in [0.3, 0.4) is 0 Å². The Morgan fingerprint density at radius 1 is 0.976 bits per heavy atom. The summed E-state index contributed by atoms with van der Waals surface area (Å²) >= 11 is 0. The molecule has 5 aromatic rings. The van der Waals surface area contributed by atoms with Gasteiger partial charge in [-0.05, 0) is 36.8 Å². The van der Waals surface area contributed by atoms with Crippen LogP contribution in [0.25, 0.3) is 11.2 Å². The van der Waals surface area contributed by atoms with Crippen LogP contribution in [-0.4, -0.2) is 42.5 Å². The summed E-state index contributed by atoms with van der Waals surface area (Å²) in [6, 6.07) is 19.2. The summed E-state index contributed by atoms with van der Waals surface area (Å²) < 4.78 is 13.8. The summed E-state index contributed by atoms with van der Waals surface area (Å²) in [4.78, 5) is 36.8. The van der Waals surface area contributed by atoms with E-state index in [9.17, 15) is 14.7 Å². The fourth-order valence-corrected chi connectivity index (χ4v) is 4.08. The molecule has 0 aliphatic heterocycles. The van der Waals surface area contributed by atoms with Crippen molar-refractivity contribution in [2.24, 2.45) is 11.5 Å². The molecule has 7 N–H and O–H groups in total. The number of hydrogen-bond donors (Lipinski definition) is 5. The molecule has 2 aromatic heterocycles. The standard InChI is InChI=1S/C28H24N8O5/c1-15-32-22-24(36(15)14-16-6-3-2-4-7-16)34-28(41-21-12-17(23(29)30)10-11-20(21)26(37)38)35-25(22)40-19-9-5-8-18(13-19)33-27(31)39/h2-13H,14H2,1H3,(H3,29,30)(H,37,38)(H3,31,33,39). The number of urea groups is 1. The fraction of sp³-hybridized carbons (Fsp3) is 0.0714. The molecule has 0 bridgehead atoms. The monoisotopic (exact) mass is 552 g/mol. The third-order valence-corrected chi connectivity index (χ3v) is 5.96. The van der Waals surface area contributed by atoms with Crippen molar-refractivity contribution in [2.75, 3.05) is 5.32 Å². The van der Waals surface area contributed by atoms with Crippen molar-refractivity contribution in [1.82, 2.24) is 19.5 Å². The molecule has 13 heteroatoms. The summed E-state index contributed by atoms with van der Waals surface area (Å²) in [6.45, 7) is 2.24. The van der Waals surface area contributed by atoms with E-state index in [1.165, 1.54) is 18.2 Å². The van der Waals surface area contributed by atoms with Crippen molar-refractivity contribution in [3.8, 4) is 23.4 Å². The van der Waals surface area contributed by atoms with Gasteiger partial charge >= 0.3 is 18.0 Å². The van der Waals surface area contributed by atoms with Crippen LogP contribution in [0.2, 0.25) is 0 Å². The quantitative estimate of drug-likeness (QED) is 0.131. The normalized spacial score (nSPS) is 10.8. The van der Waals surface area contributed by atoms with E-state index >= 15 is 0 Å². The van der Waals surface area contributed by atoms with Crippen molar-refractivity contribution >= 4 is 34.7 Å². The summed E-state index contributed by atoms with van der Waals surface area (Å²) in [6.07, 6.45) is 0. The number of carbonyl (C=O) groups is 2. The van der Waals surface area contributed by atoms with Gasteiger partial charge in [0.05, 0.1) is 6.54 Å². The molecule has 2 amide bonds. The number of aryl methyl sites for hydroxylation is 1. The first-order valence-corrected chi connectivity index (χ1v) is 12.2. The number of hydrogen-bond acceptors (Lipinski definition) is 8. The molecule has 0 saturated heterocycles. The lowest BCUT2D eigenvalue weighted by Crippen LogP contribution is -2.19. The summed E-state index contributed by atoms with van der Waals surface area (Å²) in [5.41, 5.74) is 13.0. The molecule has 41 heavy (non-hydrogen) atoms. The predicted molar refractivity (Wildman–Crippen MR) is 150 cm³/mol. The van der Waals surface area contributed by atoms with Gasteiger partial charge in [-0.3, -0.25) is 5.41 Å². The highest BCUT2D eigenvalue weighted by Crippen LogP contribution is 2.33. The highest BCUT2D eigenvalue weighted by molar-refractivity contribution is 5.98. The number of nitrogens with zero attached hydrogens (tertiary/aromatic N) is 4. The third-order valence-electron chi connectivity index (χ3n) is 5.96. The molecule has 2 heterocycles. The van der Waals surface area contributed by atoms with Crippen molar-refractivity contribution in [1.29, 1.82) is 5.41 Å². The van der Waals surface area contributed by atoms with Crippen LogP contribution < -0.4 is 26.3 Å². The number of ether oxygens (including phenoxy) is 2. The summed E-state index contributed by atoms with van der Waals surface area (Å²) in [5.74, 6) is -0.689. The Balaban J connectivity index is 1.64. The molecule has 0 fully saturated rings. The first-order chi connectivity index (χ1) is 19.7. The minimum atomic E-state index is -1.25. The Morgan fingerprint density at radius 2 is 1.76 bits per heavy atom. The smallest absolute Gasteiger partial charge is 0.339 e. The van der Waals surface area contributed by atoms with Gasteiger partial charge in [0, 0.05) is 17.3 Å². The van der Waals surface area contributed by atoms with Gasteiger partial charge < -0.3 is 35.9 Å². The van der Waals surface area contributed by atoms with Gasteiger partial charge in [0.15, 0.2) is 11.2 Å². The van der Waals surface area contributed by atoms with E-state index in [2.05, 4.69) is 20.3 Å². The second-order valence-corrected chi connectivity index (χ2v) is 8.87. The number of carbonyl (C=O) groups excluding carboxylic acids is 1. The van der Waals surface area contributed by atoms with E-state index in [1.54, 1.807) is 24.3 Å². The van der Waals surface area contributed by atoms with E-state index < -0.39 is 12.0 Å². The van der Waals surface area contributed by atoms with Crippen LogP contribution in [-0.2, 0) is 6.54 Å². The molecule has 3 aromatic carbocycles. The molecular weight excluding hydrogens is 528 g/mol. The number of nitrogen functional groups attached to an aromatic ring is 1. The van der Waals surface area contributed by atoms with Gasteiger partial charge in [0.2, 0.25) is 0 Å². The second-order valence-electron chi connectivity index (χ2n) is 8.87. The van der Waals surface area contributed by atoms with Crippen molar-refractivity contribution in [2.45, 2.75) is 13.5 Å². The lowest BCUT2D eigenvalue weighted by atomic mass is 10.1. The zero-order valence-corrected chi connectivity index (χ0v) is 21.7. The van der Waals surface area contributed by atoms with Gasteiger partial charge in [-0.2, -0.15) is 9.97 Å². The molecule has 0 unspecified atom stereocenters. The van der Waals surface area contributed by atoms with E-state index in [-0.39, 0.29) is 34.6 Å². The molecule has 206 valence electrons. The minimum Gasteiger partial charge on any atom is -0.478 e. The number of amides is 2. The topological polar surface area (TPSA) is 204 Å². The Kier molecular flexibility index (Phi) is 7.15. The number of aromatic nitrogens is 4. The number of amidine groups is 1. The first kappa shape index (κ1) is 26.6. The fourth-order valence-electron chi connectivity index (χ4n) is 4.08. The molecule has 0 spiro atoms. The largest absolute Gasteiger partial charge is 0.478 e. The van der Waals surface area contributed by atoms with Gasteiger partial charge in [0.25, 0.3) is 5.88 Å². The third kappa shape index (κ3) is 5.88. The maximum absolute atomic E-state index is 11.9. The number of primary amides is 1. The number of nitrogens with two attached hydrogens (primary N) is 2. The second kappa shape index (κ2) is 11.0. The summed E-state index contributed by atoms with van der Waals surface area (Å²) in [7, 11) is 0. The Hall–Kier alpha value is -5.98. The maximum atomic E-state index is 11.9. The van der Waals surface area contributed by atoms with E-state index in [4.69, 9.17) is 26.4 Å². The molecular formula is C28H24N8O5. The summed E-state index contributed by atoms with van der Waals surface area (Å²) in [5, 5.41) is 19.9. The average molecular weight is 553 g/mol. The van der Waals surface area contributed by atoms with Crippen molar-refractivity contribution in [3.63, 3.8) is 0 Å². The van der Waals surface area contributed by atoms with E-state index in [1.807, 2.05) is 41.8 Å². The number of anilines is 1. The highest BCUT2D eigenvalue weighted by Gasteiger charge is 2.21. The molecule has 0 radical (unpaired) electrons. The maximum Gasteiger partial charge on any atom is 0.339 e. The van der Waals surface area contributed by atoms with Gasteiger partial charge in [0.1, 0.15) is 28.7 Å². The molecule has 5 rings (SSSR count).